The van der Waals surface area contributed by atoms with E-state index in [0.717, 1.165) is 50.7 Å². The number of rotatable bonds is 3. The van der Waals surface area contributed by atoms with E-state index in [4.69, 9.17) is 9.47 Å². The number of nitrogens with zero attached hydrogens (tertiary/aromatic N) is 2. The molecule has 0 bridgehead atoms. The van der Waals surface area contributed by atoms with Gasteiger partial charge in [0.15, 0.2) is 0 Å². The van der Waals surface area contributed by atoms with Gasteiger partial charge in [-0.05, 0) is 24.1 Å². The van der Waals surface area contributed by atoms with Crippen molar-refractivity contribution in [3.8, 4) is 0 Å². The zero-order valence-electron chi connectivity index (χ0n) is 12.8. The van der Waals surface area contributed by atoms with Crippen molar-refractivity contribution >= 4 is 5.57 Å². The van der Waals surface area contributed by atoms with E-state index in [-0.39, 0.29) is 0 Å². The minimum absolute atomic E-state index is 0.765. The van der Waals surface area contributed by atoms with Gasteiger partial charge in [0.25, 0.3) is 0 Å². The number of fused-ring (bicyclic) bond motifs is 1. The average Bonchev–Trinajstić information content (AvgIpc) is 2.65. The number of morpholine rings is 1. The molecular formula is C17H22N2O2. The second kappa shape index (κ2) is 6.41. The molecule has 21 heavy (non-hydrogen) atoms. The molecule has 1 aliphatic heterocycles. The zero-order valence-corrected chi connectivity index (χ0v) is 12.8. The van der Waals surface area contributed by atoms with E-state index in [1.165, 1.54) is 16.7 Å². The molecule has 0 unspecified atom stereocenters. The first-order valence-corrected chi connectivity index (χ1v) is 7.46. The number of allylic oxidation sites excluding steroid dienone is 3. The van der Waals surface area contributed by atoms with Crippen LogP contribution in [0.1, 0.15) is 18.2 Å². The van der Waals surface area contributed by atoms with E-state index < -0.39 is 0 Å². The summed E-state index contributed by atoms with van der Waals surface area (Å²) >= 11 is 0. The van der Waals surface area contributed by atoms with Crippen molar-refractivity contribution in [3.63, 3.8) is 0 Å². The van der Waals surface area contributed by atoms with E-state index in [1.807, 2.05) is 12.3 Å². The van der Waals surface area contributed by atoms with E-state index in [0.29, 0.717) is 0 Å². The predicted octanol–water partition coefficient (Wildman–Crippen LogP) is 2.27. The van der Waals surface area contributed by atoms with Crippen molar-refractivity contribution in [1.29, 1.82) is 0 Å². The molecule has 0 aromatic carbocycles. The topological polar surface area (TPSA) is 34.6 Å². The van der Waals surface area contributed by atoms with Gasteiger partial charge in [0, 0.05) is 37.8 Å². The van der Waals surface area contributed by atoms with Crippen LogP contribution in [0.2, 0.25) is 0 Å². The summed E-state index contributed by atoms with van der Waals surface area (Å²) in [6.45, 7) is 6.69. The molecule has 2 aliphatic rings. The Morgan fingerprint density at radius 1 is 1.33 bits per heavy atom. The van der Waals surface area contributed by atoms with Gasteiger partial charge in [0.2, 0.25) is 0 Å². The van der Waals surface area contributed by atoms with Crippen molar-refractivity contribution < 1.29 is 9.47 Å². The van der Waals surface area contributed by atoms with Crippen molar-refractivity contribution in [2.45, 2.75) is 13.3 Å². The van der Waals surface area contributed by atoms with Gasteiger partial charge in [-0.1, -0.05) is 12.1 Å². The molecule has 3 rings (SSSR count). The standard InChI is InChI=1S/C17H22N2O2/c1-13-10-14(12-19-6-8-21-9-7-19)15-4-3-5-18-16(15)11-17(13)20-2/h3-5,10H,6-9,11-12H2,1-2H3. The molecule has 4 nitrogen and oxygen atoms in total. The molecule has 112 valence electrons. The van der Waals surface area contributed by atoms with Gasteiger partial charge in [-0.25, -0.2) is 0 Å². The smallest absolute Gasteiger partial charge is 0.104 e. The third-order valence-electron chi connectivity index (χ3n) is 4.14. The largest absolute Gasteiger partial charge is 0.500 e. The summed E-state index contributed by atoms with van der Waals surface area (Å²) in [6, 6.07) is 4.18. The molecule has 0 amide bonds. The van der Waals surface area contributed by atoms with Crippen LogP contribution in [0.15, 0.2) is 35.7 Å². The van der Waals surface area contributed by atoms with E-state index in [9.17, 15) is 0 Å². The Kier molecular flexibility index (Phi) is 4.36. The van der Waals surface area contributed by atoms with Crippen LogP contribution in [0.5, 0.6) is 0 Å². The average molecular weight is 286 g/mol. The van der Waals surface area contributed by atoms with Crippen LogP contribution in [-0.4, -0.2) is 49.8 Å². The first-order valence-electron chi connectivity index (χ1n) is 7.46. The summed E-state index contributed by atoms with van der Waals surface area (Å²) in [6.07, 6.45) is 4.88. The molecule has 1 saturated heterocycles. The van der Waals surface area contributed by atoms with Crippen LogP contribution < -0.4 is 0 Å². The Balaban J connectivity index is 1.93. The second-order valence-corrected chi connectivity index (χ2v) is 5.54. The van der Waals surface area contributed by atoms with E-state index >= 15 is 0 Å². The Morgan fingerprint density at radius 3 is 2.90 bits per heavy atom. The molecule has 0 N–H and O–H groups in total. The predicted molar refractivity (Wildman–Crippen MR) is 82.9 cm³/mol. The third kappa shape index (κ3) is 3.17. The van der Waals surface area contributed by atoms with Crippen LogP contribution >= 0.6 is 0 Å². The second-order valence-electron chi connectivity index (χ2n) is 5.54. The molecule has 1 aromatic heterocycles. The first kappa shape index (κ1) is 14.3. The molecule has 0 atom stereocenters. The molecule has 0 saturated carbocycles. The van der Waals surface area contributed by atoms with Crippen LogP contribution in [0.25, 0.3) is 5.57 Å². The zero-order chi connectivity index (χ0) is 14.7. The minimum atomic E-state index is 0.765. The number of pyridine rings is 1. The highest BCUT2D eigenvalue weighted by Gasteiger charge is 2.19. The van der Waals surface area contributed by atoms with Crippen molar-refractivity contribution in [1.82, 2.24) is 9.88 Å². The number of aromatic nitrogens is 1. The third-order valence-corrected chi connectivity index (χ3v) is 4.14. The van der Waals surface area contributed by atoms with Gasteiger partial charge in [-0.3, -0.25) is 9.88 Å². The number of hydrogen-bond acceptors (Lipinski definition) is 4. The number of ether oxygens (including phenoxy) is 2. The van der Waals surface area contributed by atoms with Gasteiger partial charge >= 0.3 is 0 Å². The Bertz CT molecular complexity index is 572. The molecule has 1 fully saturated rings. The van der Waals surface area contributed by atoms with Crippen molar-refractivity contribution in [3.05, 3.63) is 47.0 Å². The highest BCUT2D eigenvalue weighted by Crippen LogP contribution is 2.28. The van der Waals surface area contributed by atoms with E-state index in [1.54, 1.807) is 7.11 Å². The lowest BCUT2D eigenvalue weighted by Gasteiger charge is -2.27. The lowest BCUT2D eigenvalue weighted by Crippen LogP contribution is -2.37. The number of hydrogen-bond donors (Lipinski definition) is 0. The molecule has 2 heterocycles. The van der Waals surface area contributed by atoms with Gasteiger partial charge in [-0.15, -0.1) is 0 Å². The summed E-state index contributed by atoms with van der Waals surface area (Å²) in [7, 11) is 1.74. The van der Waals surface area contributed by atoms with Crippen molar-refractivity contribution in [2.24, 2.45) is 0 Å². The highest BCUT2D eigenvalue weighted by atomic mass is 16.5. The van der Waals surface area contributed by atoms with Gasteiger partial charge in [-0.2, -0.15) is 0 Å². The highest BCUT2D eigenvalue weighted by molar-refractivity contribution is 5.72. The Labute approximate surface area is 126 Å². The quantitative estimate of drug-likeness (QED) is 0.854. The van der Waals surface area contributed by atoms with Crippen LogP contribution in [0, 0.1) is 0 Å². The van der Waals surface area contributed by atoms with Gasteiger partial charge < -0.3 is 9.47 Å². The lowest BCUT2D eigenvalue weighted by atomic mass is 10.0. The molecular weight excluding hydrogens is 264 g/mol. The fraction of sp³-hybridized carbons (Fsp3) is 0.471. The monoisotopic (exact) mass is 286 g/mol. The lowest BCUT2D eigenvalue weighted by molar-refractivity contribution is 0.0444. The number of methoxy groups -OCH3 is 1. The van der Waals surface area contributed by atoms with Crippen LogP contribution in [-0.2, 0) is 15.9 Å². The van der Waals surface area contributed by atoms with Crippen LogP contribution in [0.4, 0.5) is 0 Å². The molecule has 1 aliphatic carbocycles. The fourth-order valence-electron chi connectivity index (χ4n) is 2.95. The molecule has 0 radical (unpaired) electrons. The van der Waals surface area contributed by atoms with Gasteiger partial charge in [0.05, 0.1) is 26.0 Å². The summed E-state index contributed by atoms with van der Waals surface area (Å²) in [5.74, 6) is 1.01. The van der Waals surface area contributed by atoms with Gasteiger partial charge in [0.1, 0.15) is 5.76 Å². The summed E-state index contributed by atoms with van der Waals surface area (Å²) in [4.78, 5) is 7.00. The minimum Gasteiger partial charge on any atom is -0.500 e. The summed E-state index contributed by atoms with van der Waals surface area (Å²) in [5.41, 5.74) is 4.87. The fourth-order valence-corrected chi connectivity index (χ4v) is 2.95. The van der Waals surface area contributed by atoms with E-state index in [2.05, 4.69) is 29.0 Å². The summed E-state index contributed by atoms with van der Waals surface area (Å²) < 4.78 is 11.0. The van der Waals surface area contributed by atoms with Crippen LogP contribution in [0.3, 0.4) is 0 Å². The Morgan fingerprint density at radius 2 is 2.14 bits per heavy atom. The Hall–Kier alpha value is -1.65. The maximum Gasteiger partial charge on any atom is 0.104 e. The maximum atomic E-state index is 5.54. The normalized spacial score (nSPS) is 19.8. The molecule has 4 heteroatoms. The molecule has 0 spiro atoms. The molecule has 1 aromatic rings. The maximum absolute atomic E-state index is 5.54. The summed E-state index contributed by atoms with van der Waals surface area (Å²) in [5, 5.41) is 0. The SMILES string of the molecule is COC1=C(C)C=C(CN2CCOCC2)c2cccnc2C1. The van der Waals surface area contributed by atoms with Crippen molar-refractivity contribution in [2.75, 3.05) is 40.0 Å². The first-order chi connectivity index (χ1) is 10.3.